The van der Waals surface area contributed by atoms with Gasteiger partial charge in [0.05, 0.1) is 32.1 Å². The first-order valence-corrected chi connectivity index (χ1v) is 5.67. The van der Waals surface area contributed by atoms with Crippen molar-refractivity contribution >= 4 is 11.5 Å². The largest absolute Gasteiger partial charge is 0.512 e. The molecule has 0 saturated carbocycles. The fourth-order valence-electron chi connectivity index (χ4n) is 2.02. The molecule has 0 spiro atoms. The van der Waals surface area contributed by atoms with Gasteiger partial charge in [0.2, 0.25) is 5.88 Å². The van der Waals surface area contributed by atoms with Crippen LogP contribution in [0.5, 0.6) is 5.88 Å². The van der Waals surface area contributed by atoms with E-state index in [-0.39, 0.29) is 18.1 Å². The van der Waals surface area contributed by atoms with Crippen LogP contribution in [0.1, 0.15) is 24.1 Å². The summed E-state index contributed by atoms with van der Waals surface area (Å²) >= 11 is 0. The van der Waals surface area contributed by atoms with Crippen LogP contribution in [0.4, 0.5) is 0 Å². The molecule has 0 aliphatic heterocycles. The van der Waals surface area contributed by atoms with E-state index in [2.05, 4.69) is 9.72 Å². The summed E-state index contributed by atoms with van der Waals surface area (Å²) in [4.78, 5) is 15.7. The Hall–Kier alpha value is -2.04. The highest BCUT2D eigenvalue weighted by Gasteiger charge is 2.22. The number of methoxy groups -OCH3 is 2. The molecule has 0 amide bonds. The highest BCUT2D eigenvalue weighted by molar-refractivity contribution is 5.87. The van der Waals surface area contributed by atoms with E-state index in [0.29, 0.717) is 24.3 Å². The monoisotopic (exact) mass is 249 g/mol. The van der Waals surface area contributed by atoms with Gasteiger partial charge in [-0.05, 0) is 12.5 Å². The van der Waals surface area contributed by atoms with Crippen LogP contribution in [-0.2, 0) is 16.0 Å². The topological polar surface area (TPSA) is 68.7 Å². The Kier molecular flexibility index (Phi) is 3.50. The third-order valence-electron chi connectivity index (χ3n) is 2.98. The highest BCUT2D eigenvalue weighted by atomic mass is 16.5. The van der Waals surface area contributed by atoms with Crippen LogP contribution in [0.25, 0.3) is 5.57 Å². The molecule has 0 bridgehead atoms. The van der Waals surface area contributed by atoms with Crippen LogP contribution in [0.3, 0.4) is 0 Å². The molecule has 0 saturated heterocycles. The van der Waals surface area contributed by atoms with Crippen molar-refractivity contribution in [2.45, 2.75) is 19.3 Å². The predicted octanol–water partition coefficient (Wildman–Crippen LogP) is 1.87. The number of aromatic nitrogens is 1. The molecule has 1 aromatic rings. The Labute approximate surface area is 105 Å². The Morgan fingerprint density at radius 1 is 1.39 bits per heavy atom. The van der Waals surface area contributed by atoms with Crippen molar-refractivity contribution < 1.29 is 19.4 Å². The SMILES string of the molecule is COC(=O)CC1=C(O)CCc2nc(OC)ccc21. The van der Waals surface area contributed by atoms with E-state index in [0.717, 1.165) is 11.3 Å². The maximum Gasteiger partial charge on any atom is 0.310 e. The molecule has 5 heteroatoms. The van der Waals surface area contributed by atoms with E-state index < -0.39 is 0 Å². The molecule has 0 atom stereocenters. The summed E-state index contributed by atoms with van der Waals surface area (Å²) in [6, 6.07) is 3.53. The number of hydrogen-bond donors (Lipinski definition) is 1. The van der Waals surface area contributed by atoms with Gasteiger partial charge in [0.15, 0.2) is 0 Å². The summed E-state index contributed by atoms with van der Waals surface area (Å²) in [7, 11) is 2.89. The lowest BCUT2D eigenvalue weighted by atomic mass is 9.91. The third-order valence-corrected chi connectivity index (χ3v) is 2.98. The van der Waals surface area contributed by atoms with Crippen LogP contribution in [0.15, 0.2) is 17.9 Å². The van der Waals surface area contributed by atoms with Gasteiger partial charge < -0.3 is 14.6 Å². The number of rotatable bonds is 3. The van der Waals surface area contributed by atoms with Crippen molar-refractivity contribution in [2.24, 2.45) is 0 Å². The van der Waals surface area contributed by atoms with Gasteiger partial charge in [-0.25, -0.2) is 4.98 Å². The van der Waals surface area contributed by atoms with Crippen LogP contribution in [-0.4, -0.2) is 30.3 Å². The van der Waals surface area contributed by atoms with Gasteiger partial charge >= 0.3 is 5.97 Å². The van der Waals surface area contributed by atoms with Crippen LogP contribution in [0.2, 0.25) is 0 Å². The van der Waals surface area contributed by atoms with Crippen molar-refractivity contribution in [3.63, 3.8) is 0 Å². The second kappa shape index (κ2) is 5.08. The summed E-state index contributed by atoms with van der Waals surface area (Å²) in [5.41, 5.74) is 2.23. The van der Waals surface area contributed by atoms with Crippen LogP contribution in [0, 0.1) is 0 Å². The molecule has 96 valence electrons. The number of carbonyl (C=O) groups excluding carboxylic acids is 1. The number of ether oxygens (including phenoxy) is 2. The number of hydrogen-bond acceptors (Lipinski definition) is 5. The van der Waals surface area contributed by atoms with Gasteiger partial charge in [0.1, 0.15) is 0 Å². The number of fused-ring (bicyclic) bond motifs is 1. The van der Waals surface area contributed by atoms with E-state index in [1.54, 1.807) is 13.2 Å². The van der Waals surface area contributed by atoms with Crippen molar-refractivity contribution in [1.82, 2.24) is 4.98 Å². The van der Waals surface area contributed by atoms with Crippen molar-refractivity contribution in [2.75, 3.05) is 14.2 Å². The zero-order chi connectivity index (χ0) is 13.1. The van der Waals surface area contributed by atoms with Crippen molar-refractivity contribution in [1.29, 1.82) is 0 Å². The molecule has 0 radical (unpaired) electrons. The first kappa shape index (κ1) is 12.4. The molecule has 1 N–H and O–H groups in total. The smallest absolute Gasteiger partial charge is 0.310 e. The maximum absolute atomic E-state index is 11.3. The summed E-state index contributed by atoms with van der Waals surface area (Å²) in [6.07, 6.45) is 1.19. The Morgan fingerprint density at radius 2 is 2.17 bits per heavy atom. The molecular formula is C13H15NO4. The molecule has 0 aromatic carbocycles. The number of aryl methyl sites for hydroxylation is 1. The van der Waals surface area contributed by atoms with E-state index in [4.69, 9.17) is 4.74 Å². The van der Waals surface area contributed by atoms with Gasteiger partial charge in [0, 0.05) is 23.6 Å². The second-order valence-corrected chi connectivity index (χ2v) is 4.03. The van der Waals surface area contributed by atoms with Gasteiger partial charge in [-0.2, -0.15) is 0 Å². The van der Waals surface area contributed by atoms with Crippen LogP contribution < -0.4 is 4.74 Å². The van der Waals surface area contributed by atoms with E-state index in [1.807, 2.05) is 6.07 Å². The first-order chi connectivity index (χ1) is 8.65. The normalized spacial score (nSPS) is 14.1. The summed E-state index contributed by atoms with van der Waals surface area (Å²) in [5, 5.41) is 9.90. The average molecular weight is 249 g/mol. The van der Waals surface area contributed by atoms with Gasteiger partial charge in [-0.1, -0.05) is 0 Å². The molecule has 18 heavy (non-hydrogen) atoms. The third kappa shape index (κ3) is 2.30. The second-order valence-electron chi connectivity index (χ2n) is 4.03. The molecule has 2 rings (SSSR count). The van der Waals surface area contributed by atoms with Gasteiger partial charge in [0.25, 0.3) is 0 Å². The van der Waals surface area contributed by atoms with Crippen molar-refractivity contribution in [3.05, 3.63) is 29.1 Å². The molecule has 1 aromatic heterocycles. The lowest BCUT2D eigenvalue weighted by molar-refractivity contribution is -0.139. The number of esters is 1. The molecule has 1 heterocycles. The maximum atomic E-state index is 11.3. The minimum Gasteiger partial charge on any atom is -0.512 e. The number of aliphatic hydroxyl groups excluding tert-OH is 1. The Morgan fingerprint density at radius 3 is 2.83 bits per heavy atom. The minimum absolute atomic E-state index is 0.0589. The summed E-state index contributed by atoms with van der Waals surface area (Å²) in [6.45, 7) is 0. The van der Waals surface area contributed by atoms with E-state index >= 15 is 0 Å². The summed E-state index contributed by atoms with van der Waals surface area (Å²) in [5.74, 6) is 0.396. The fraction of sp³-hybridized carbons (Fsp3) is 0.385. The van der Waals surface area contributed by atoms with Crippen molar-refractivity contribution in [3.8, 4) is 5.88 Å². The zero-order valence-electron chi connectivity index (χ0n) is 10.4. The number of carbonyl (C=O) groups is 1. The first-order valence-electron chi connectivity index (χ1n) is 5.67. The number of pyridine rings is 1. The van der Waals surface area contributed by atoms with E-state index in [9.17, 15) is 9.90 Å². The molecule has 1 aliphatic carbocycles. The number of aliphatic hydroxyl groups is 1. The molecule has 0 fully saturated rings. The lowest BCUT2D eigenvalue weighted by Gasteiger charge is -2.19. The number of nitrogens with zero attached hydrogens (tertiary/aromatic N) is 1. The van der Waals surface area contributed by atoms with E-state index in [1.165, 1.54) is 7.11 Å². The van der Waals surface area contributed by atoms with Gasteiger partial charge in [-0.3, -0.25) is 4.79 Å². The van der Waals surface area contributed by atoms with Crippen LogP contribution >= 0.6 is 0 Å². The van der Waals surface area contributed by atoms with Gasteiger partial charge in [-0.15, -0.1) is 0 Å². The number of allylic oxidation sites excluding steroid dienone is 1. The summed E-state index contributed by atoms with van der Waals surface area (Å²) < 4.78 is 9.70. The predicted molar refractivity (Wildman–Crippen MR) is 65.3 cm³/mol. The minimum atomic E-state index is -0.375. The standard InChI is InChI=1S/C13H15NO4/c1-17-12-6-3-8-9(7-13(16)18-2)11(15)5-4-10(8)14-12/h3,6,15H,4-5,7H2,1-2H3. The quantitative estimate of drug-likeness (QED) is 0.828. The lowest BCUT2D eigenvalue weighted by Crippen LogP contribution is -2.11. The molecule has 5 nitrogen and oxygen atoms in total. The fourth-order valence-corrected chi connectivity index (χ4v) is 2.02. The Bertz CT molecular complexity index is 508. The average Bonchev–Trinajstić information content (AvgIpc) is 2.41. The highest BCUT2D eigenvalue weighted by Crippen LogP contribution is 2.32. The molecular weight excluding hydrogens is 234 g/mol. The zero-order valence-corrected chi connectivity index (χ0v) is 10.4. The Balaban J connectivity index is 2.38. The molecule has 1 aliphatic rings. The molecule has 0 unspecified atom stereocenters.